The van der Waals surface area contributed by atoms with Crippen molar-refractivity contribution in [1.29, 1.82) is 0 Å². The van der Waals surface area contributed by atoms with Gasteiger partial charge in [-0.2, -0.15) is 5.10 Å². The minimum Gasteiger partial charge on any atom is -0.481 e. The van der Waals surface area contributed by atoms with Gasteiger partial charge in [0.15, 0.2) is 5.60 Å². The van der Waals surface area contributed by atoms with Gasteiger partial charge in [0.1, 0.15) is 5.82 Å². The number of rotatable bonds is 14. The van der Waals surface area contributed by atoms with Gasteiger partial charge in [-0.15, -0.1) is 0 Å². The van der Waals surface area contributed by atoms with Crippen molar-refractivity contribution in [3.8, 4) is 0 Å². The smallest absolute Gasteiger partial charge is 0.336 e. The van der Waals surface area contributed by atoms with Gasteiger partial charge in [-0.1, -0.05) is 31.4 Å². The number of imidazole rings is 1. The monoisotopic (exact) mass is 587 g/mol. The summed E-state index contributed by atoms with van der Waals surface area (Å²) in [6.07, 6.45) is 15.0. The van der Waals surface area contributed by atoms with Crippen molar-refractivity contribution < 1.29 is 39.2 Å². The highest BCUT2D eigenvalue weighted by atomic mass is 19.1. The molecule has 0 bridgehead atoms. The molecule has 2 aromatic heterocycles. The fraction of sp³-hybridized carbons (Fsp3) is 0.483. The predicted octanol–water partition coefficient (Wildman–Crippen LogP) is 3.57. The molecular weight excluding hydrogens is 549 g/mol. The molecule has 0 radical (unpaired) electrons. The molecule has 42 heavy (non-hydrogen) atoms. The minimum atomic E-state index is -2.74. The summed E-state index contributed by atoms with van der Waals surface area (Å²) in [5.41, 5.74) is -0.501. The zero-order valence-electron chi connectivity index (χ0n) is 23.4. The van der Waals surface area contributed by atoms with E-state index in [0.29, 0.717) is 6.04 Å². The Labute approximate surface area is 243 Å². The van der Waals surface area contributed by atoms with Crippen molar-refractivity contribution in [3.05, 3.63) is 72.3 Å². The zero-order valence-corrected chi connectivity index (χ0v) is 23.4. The van der Waals surface area contributed by atoms with Gasteiger partial charge in [0.05, 0.1) is 31.4 Å². The number of hydrogen-bond acceptors (Lipinski definition) is 7. The van der Waals surface area contributed by atoms with E-state index in [1.54, 1.807) is 12.1 Å². The lowest BCUT2D eigenvalue weighted by atomic mass is 9.96. The quantitative estimate of drug-likeness (QED) is 0.219. The summed E-state index contributed by atoms with van der Waals surface area (Å²) >= 11 is 0. The molecule has 4 rings (SSSR count). The third kappa shape index (κ3) is 10.7. The van der Waals surface area contributed by atoms with E-state index in [-0.39, 0.29) is 5.82 Å². The predicted molar refractivity (Wildman–Crippen MR) is 149 cm³/mol. The van der Waals surface area contributed by atoms with Crippen LogP contribution < -0.4 is 0 Å². The summed E-state index contributed by atoms with van der Waals surface area (Å²) in [5, 5.41) is 38.5. The molecule has 0 amide bonds. The van der Waals surface area contributed by atoms with Crippen molar-refractivity contribution in [1.82, 2.24) is 24.2 Å². The van der Waals surface area contributed by atoms with Gasteiger partial charge >= 0.3 is 17.9 Å². The Balaban J connectivity index is 0.000000316. The van der Waals surface area contributed by atoms with Crippen LogP contribution in [-0.4, -0.2) is 74.7 Å². The van der Waals surface area contributed by atoms with E-state index in [2.05, 4.69) is 30.4 Å². The Morgan fingerprint density at radius 1 is 1.02 bits per heavy atom. The van der Waals surface area contributed by atoms with Gasteiger partial charge in [0, 0.05) is 50.3 Å². The number of aromatic nitrogens is 4. The average Bonchev–Trinajstić information content (AvgIpc) is 3.61. The van der Waals surface area contributed by atoms with Crippen LogP contribution in [0.4, 0.5) is 4.39 Å². The van der Waals surface area contributed by atoms with Crippen molar-refractivity contribution >= 4 is 17.9 Å². The Bertz CT molecular complexity index is 1280. The number of hydrogen-bond donors (Lipinski definition) is 4. The second-order valence-electron chi connectivity index (χ2n) is 10.6. The van der Waals surface area contributed by atoms with Crippen molar-refractivity contribution in [2.45, 2.75) is 82.6 Å². The second kappa shape index (κ2) is 15.8. The molecule has 1 aromatic carbocycles. The first-order valence-electron chi connectivity index (χ1n) is 13.9. The van der Waals surface area contributed by atoms with E-state index in [1.807, 2.05) is 31.0 Å². The number of aliphatic hydroxyl groups is 1. The molecule has 0 saturated heterocycles. The first-order valence-corrected chi connectivity index (χ1v) is 13.9. The molecule has 0 spiro atoms. The summed E-state index contributed by atoms with van der Waals surface area (Å²) < 4.78 is 17.9. The number of aryl methyl sites for hydroxylation is 1. The van der Waals surface area contributed by atoms with E-state index >= 15 is 0 Å². The number of aliphatic carboxylic acids is 3. The van der Waals surface area contributed by atoms with Gasteiger partial charge < -0.3 is 25.0 Å². The third-order valence-electron chi connectivity index (χ3n) is 7.04. The standard InChI is InChI=1S/C23H30FN5.C6H8O7/c24-22-7-4-6-20(14-22)16-28(12-5-11-27-13-10-25-19-27)17-21-15-26-29(18-21)23-8-2-1-3-9-23;7-3(8)1-6(13,5(11)12)2-4(9)10/h4,6-7,10,13-15,18-19,23H,1-3,5,8-9,11-12,16-17H2;13H,1-2H2,(H,7,8)(H,9,10)(H,11,12). The highest BCUT2D eigenvalue weighted by Crippen LogP contribution is 2.27. The molecule has 1 fully saturated rings. The zero-order chi connectivity index (χ0) is 30.5. The number of benzene rings is 1. The van der Waals surface area contributed by atoms with E-state index in [9.17, 15) is 18.8 Å². The lowest BCUT2D eigenvalue weighted by Crippen LogP contribution is -2.42. The fourth-order valence-corrected chi connectivity index (χ4v) is 4.98. The van der Waals surface area contributed by atoms with Crippen LogP contribution in [0.3, 0.4) is 0 Å². The molecule has 0 aliphatic heterocycles. The first kappa shape index (κ1) is 32.4. The summed E-state index contributed by atoms with van der Waals surface area (Å²) in [5.74, 6) is -5.19. The molecular formula is C29H38FN5O7. The molecule has 1 saturated carbocycles. The van der Waals surface area contributed by atoms with Crippen LogP contribution in [0.5, 0.6) is 0 Å². The summed E-state index contributed by atoms with van der Waals surface area (Å²) in [7, 11) is 0. The molecule has 0 atom stereocenters. The second-order valence-corrected chi connectivity index (χ2v) is 10.6. The van der Waals surface area contributed by atoms with Crippen LogP contribution in [0.15, 0.2) is 55.4 Å². The summed E-state index contributed by atoms with van der Waals surface area (Å²) in [6, 6.07) is 7.47. The Morgan fingerprint density at radius 2 is 1.71 bits per heavy atom. The highest BCUT2D eigenvalue weighted by molar-refractivity contribution is 5.88. The van der Waals surface area contributed by atoms with E-state index < -0.39 is 36.4 Å². The van der Waals surface area contributed by atoms with E-state index in [4.69, 9.17) is 20.4 Å². The summed E-state index contributed by atoms with van der Waals surface area (Å²) in [6.45, 7) is 3.42. The normalized spacial score (nSPS) is 13.9. The Kier molecular flexibility index (Phi) is 12.2. The Hall–Kier alpha value is -4.10. The highest BCUT2D eigenvalue weighted by Gasteiger charge is 2.40. The maximum absolute atomic E-state index is 13.6. The van der Waals surface area contributed by atoms with Gasteiger partial charge in [-0.25, -0.2) is 14.2 Å². The maximum Gasteiger partial charge on any atom is 0.336 e. The molecule has 228 valence electrons. The van der Waals surface area contributed by atoms with Gasteiger partial charge in [0.25, 0.3) is 0 Å². The van der Waals surface area contributed by atoms with Crippen molar-refractivity contribution in [3.63, 3.8) is 0 Å². The Morgan fingerprint density at radius 3 is 2.31 bits per heavy atom. The van der Waals surface area contributed by atoms with Crippen molar-refractivity contribution in [2.24, 2.45) is 0 Å². The molecule has 2 heterocycles. The maximum atomic E-state index is 13.6. The average molecular weight is 588 g/mol. The minimum absolute atomic E-state index is 0.175. The molecule has 13 heteroatoms. The molecule has 1 aliphatic carbocycles. The van der Waals surface area contributed by atoms with E-state index in [0.717, 1.165) is 38.2 Å². The number of carboxylic acid groups (broad SMARTS) is 3. The molecule has 3 aromatic rings. The van der Waals surface area contributed by atoms with Gasteiger partial charge in [-0.3, -0.25) is 19.2 Å². The lowest BCUT2D eigenvalue weighted by Gasteiger charge is -2.23. The van der Waals surface area contributed by atoms with Crippen LogP contribution >= 0.6 is 0 Å². The van der Waals surface area contributed by atoms with Crippen LogP contribution in [-0.2, 0) is 34.0 Å². The van der Waals surface area contributed by atoms with Crippen LogP contribution in [0, 0.1) is 5.82 Å². The molecule has 12 nitrogen and oxygen atoms in total. The third-order valence-corrected chi connectivity index (χ3v) is 7.04. The van der Waals surface area contributed by atoms with Crippen LogP contribution in [0.25, 0.3) is 0 Å². The van der Waals surface area contributed by atoms with Gasteiger partial charge in [0.2, 0.25) is 0 Å². The van der Waals surface area contributed by atoms with Crippen LogP contribution in [0.1, 0.15) is 68.5 Å². The molecule has 4 N–H and O–H groups in total. The first-order chi connectivity index (χ1) is 20.0. The SMILES string of the molecule is Fc1cccc(CN(CCCn2ccnc2)Cc2cnn(C3CCCCC3)c2)c1.O=C(O)CC(O)(CC(=O)O)C(=O)O. The molecule has 1 aliphatic rings. The van der Waals surface area contributed by atoms with Crippen molar-refractivity contribution in [2.75, 3.05) is 6.54 Å². The number of carboxylic acids is 3. The topological polar surface area (TPSA) is 171 Å². The van der Waals surface area contributed by atoms with Gasteiger partial charge in [-0.05, 0) is 37.0 Å². The molecule has 0 unspecified atom stereocenters. The number of carbonyl (C=O) groups is 3. The fourth-order valence-electron chi connectivity index (χ4n) is 4.98. The van der Waals surface area contributed by atoms with E-state index in [1.165, 1.54) is 43.7 Å². The number of nitrogens with zero attached hydrogens (tertiary/aromatic N) is 5. The number of halogens is 1. The largest absolute Gasteiger partial charge is 0.481 e. The lowest BCUT2D eigenvalue weighted by molar-refractivity contribution is -0.170. The van der Waals surface area contributed by atoms with Crippen LogP contribution in [0.2, 0.25) is 0 Å². The summed E-state index contributed by atoms with van der Waals surface area (Å²) in [4.78, 5) is 37.0.